The normalized spacial score (nSPS) is 17.2. The molecule has 0 unspecified atom stereocenters. The van der Waals surface area contributed by atoms with E-state index in [2.05, 4.69) is 30.4 Å². The average molecular weight is 520 g/mol. The molecule has 198 valence electrons. The van der Waals surface area contributed by atoms with Gasteiger partial charge in [0.25, 0.3) is 0 Å². The van der Waals surface area contributed by atoms with Crippen molar-refractivity contribution in [3.8, 4) is 11.4 Å². The molecular formula is C24H28F3N7O3. The first-order valence-corrected chi connectivity index (χ1v) is 12.2. The number of rotatable bonds is 5. The summed E-state index contributed by atoms with van der Waals surface area (Å²) in [6, 6.07) is 2.79. The zero-order valence-corrected chi connectivity index (χ0v) is 20.3. The molecule has 2 saturated heterocycles. The molecule has 0 aromatic carbocycles. The summed E-state index contributed by atoms with van der Waals surface area (Å²) in [5, 5.41) is 10.0. The third-order valence-corrected chi connectivity index (χ3v) is 6.66. The number of aromatic nitrogens is 4. The number of alkyl halides is 3. The summed E-state index contributed by atoms with van der Waals surface area (Å²) in [5.41, 5.74) is 0.510. The molecular weight excluding hydrogens is 491 g/mol. The summed E-state index contributed by atoms with van der Waals surface area (Å²) in [6.07, 6.45) is 0.260. The number of ether oxygens (including phenoxy) is 2. The van der Waals surface area contributed by atoms with Gasteiger partial charge in [-0.05, 0) is 56.0 Å². The zero-order chi connectivity index (χ0) is 26.0. The van der Waals surface area contributed by atoms with E-state index in [1.807, 2.05) is 17.2 Å². The molecule has 0 saturated carbocycles. The first kappa shape index (κ1) is 25.2. The van der Waals surface area contributed by atoms with Crippen LogP contribution in [-0.4, -0.2) is 72.2 Å². The minimum atomic E-state index is -4.74. The molecule has 10 nitrogen and oxygen atoms in total. The van der Waals surface area contributed by atoms with Gasteiger partial charge in [0.1, 0.15) is 11.3 Å². The van der Waals surface area contributed by atoms with Crippen molar-refractivity contribution in [2.24, 2.45) is 5.92 Å². The Morgan fingerprint density at radius 3 is 2.70 bits per heavy atom. The molecule has 1 amide bonds. The van der Waals surface area contributed by atoms with Crippen LogP contribution in [0.25, 0.3) is 16.9 Å². The van der Waals surface area contributed by atoms with E-state index < -0.39 is 17.8 Å². The molecule has 3 aromatic rings. The molecule has 2 aliphatic rings. The molecule has 2 fully saturated rings. The number of amides is 1. The van der Waals surface area contributed by atoms with Crippen LogP contribution in [-0.2, 0) is 22.1 Å². The lowest BCUT2D eigenvalue weighted by Gasteiger charge is -2.28. The molecule has 37 heavy (non-hydrogen) atoms. The highest BCUT2D eigenvalue weighted by molar-refractivity contribution is 5.84. The summed E-state index contributed by atoms with van der Waals surface area (Å²) in [7, 11) is 1.11. The van der Waals surface area contributed by atoms with E-state index in [4.69, 9.17) is 4.74 Å². The molecule has 3 aromatic heterocycles. The van der Waals surface area contributed by atoms with Crippen LogP contribution in [0.1, 0.15) is 24.0 Å². The van der Waals surface area contributed by atoms with Gasteiger partial charge in [-0.2, -0.15) is 13.2 Å². The van der Waals surface area contributed by atoms with E-state index in [1.165, 1.54) is 0 Å². The van der Waals surface area contributed by atoms with E-state index in [-0.39, 0.29) is 17.2 Å². The molecule has 2 aliphatic heterocycles. The van der Waals surface area contributed by atoms with Crippen molar-refractivity contribution in [1.29, 1.82) is 0 Å². The Bertz CT molecular complexity index is 1270. The van der Waals surface area contributed by atoms with Crippen LogP contribution in [0.2, 0.25) is 0 Å². The maximum absolute atomic E-state index is 14.1. The van der Waals surface area contributed by atoms with E-state index >= 15 is 0 Å². The number of carbonyl (C=O) groups excluding carboxylic acids is 1. The van der Waals surface area contributed by atoms with Gasteiger partial charge < -0.3 is 19.7 Å². The molecule has 5 rings (SSSR count). The van der Waals surface area contributed by atoms with E-state index in [0.29, 0.717) is 38.0 Å². The number of anilines is 2. The monoisotopic (exact) mass is 519 g/mol. The fourth-order valence-corrected chi connectivity index (χ4v) is 4.78. The van der Waals surface area contributed by atoms with Crippen molar-refractivity contribution < 1.29 is 27.4 Å². The van der Waals surface area contributed by atoms with Crippen molar-refractivity contribution in [2.75, 3.05) is 56.7 Å². The summed E-state index contributed by atoms with van der Waals surface area (Å²) in [6.45, 7) is 4.08. The van der Waals surface area contributed by atoms with Crippen LogP contribution in [0.15, 0.2) is 24.5 Å². The Hall–Kier alpha value is -3.45. The zero-order valence-electron chi connectivity index (χ0n) is 20.3. The largest absolute Gasteiger partial charge is 0.453 e. The van der Waals surface area contributed by atoms with E-state index in [1.54, 1.807) is 4.52 Å². The van der Waals surface area contributed by atoms with Gasteiger partial charge in [-0.3, -0.25) is 5.32 Å². The third kappa shape index (κ3) is 5.62. The number of nitrogens with zero attached hydrogens (tertiary/aromatic N) is 5. The van der Waals surface area contributed by atoms with Crippen LogP contribution in [0.4, 0.5) is 29.6 Å². The second kappa shape index (κ2) is 10.5. The van der Waals surface area contributed by atoms with E-state index in [9.17, 15) is 18.0 Å². The van der Waals surface area contributed by atoms with Gasteiger partial charge in [0, 0.05) is 25.5 Å². The number of carbonyl (C=O) groups is 1. The molecule has 5 heterocycles. The number of halogens is 3. The molecule has 0 atom stereocenters. The summed E-state index contributed by atoms with van der Waals surface area (Å²) < 4.78 is 53.9. The van der Waals surface area contributed by atoms with E-state index in [0.717, 1.165) is 62.8 Å². The lowest BCUT2D eigenvalue weighted by Crippen LogP contribution is -2.37. The molecule has 0 bridgehead atoms. The lowest BCUT2D eigenvalue weighted by molar-refractivity contribution is -0.137. The Kier molecular flexibility index (Phi) is 7.15. The highest BCUT2D eigenvalue weighted by Gasteiger charge is 2.36. The number of nitrogens with one attached hydrogen (secondary N) is 2. The minimum absolute atomic E-state index is 0.109. The Morgan fingerprint density at radius 1 is 1.24 bits per heavy atom. The number of hydrogen-bond donors (Lipinski definition) is 2. The number of methoxy groups -OCH3 is 1. The van der Waals surface area contributed by atoms with Gasteiger partial charge >= 0.3 is 12.3 Å². The van der Waals surface area contributed by atoms with Crippen LogP contribution >= 0.6 is 0 Å². The smallest absolute Gasteiger partial charge is 0.417 e. The van der Waals surface area contributed by atoms with Crippen molar-refractivity contribution >= 4 is 23.2 Å². The van der Waals surface area contributed by atoms with Gasteiger partial charge in [0.15, 0.2) is 11.6 Å². The Balaban J connectivity index is 1.59. The number of pyridine rings is 1. The maximum atomic E-state index is 14.1. The Morgan fingerprint density at radius 2 is 2.00 bits per heavy atom. The van der Waals surface area contributed by atoms with Gasteiger partial charge in [-0.1, -0.05) is 0 Å². The van der Waals surface area contributed by atoms with Crippen LogP contribution in [0.5, 0.6) is 0 Å². The standard InChI is InChI=1S/C24H28F3N7O3/c1-36-23(35)30-20-12-18(24(25,26)27)17(13-29-20)21-31-22(33-6-8-37-9-7-33)19-11-16(14-34(19)32-21)10-15-2-4-28-5-3-15/h11-15,28H,2-10H2,1H3,(H,29,30,35). The van der Waals surface area contributed by atoms with Gasteiger partial charge in [0.05, 0.1) is 31.5 Å². The first-order valence-electron chi connectivity index (χ1n) is 12.2. The third-order valence-electron chi connectivity index (χ3n) is 6.66. The summed E-state index contributed by atoms with van der Waals surface area (Å²) in [5.74, 6) is 0.689. The van der Waals surface area contributed by atoms with Crippen molar-refractivity contribution in [2.45, 2.75) is 25.4 Å². The SMILES string of the molecule is COC(=O)Nc1cc(C(F)(F)F)c(-c2nc(N3CCOCC3)c3cc(CC4CCNCC4)cn3n2)cn1. The van der Waals surface area contributed by atoms with Crippen molar-refractivity contribution in [3.63, 3.8) is 0 Å². The summed E-state index contributed by atoms with van der Waals surface area (Å²) >= 11 is 0. The van der Waals surface area contributed by atoms with Crippen LogP contribution < -0.4 is 15.5 Å². The fraction of sp³-hybridized carbons (Fsp3) is 0.500. The van der Waals surface area contributed by atoms with Gasteiger partial charge in [-0.25, -0.2) is 19.3 Å². The molecule has 2 N–H and O–H groups in total. The van der Waals surface area contributed by atoms with Crippen molar-refractivity contribution in [3.05, 3.63) is 35.7 Å². The Labute approximate surface area is 211 Å². The fourth-order valence-electron chi connectivity index (χ4n) is 4.78. The molecule has 0 radical (unpaired) electrons. The minimum Gasteiger partial charge on any atom is -0.453 e. The molecule has 13 heteroatoms. The highest BCUT2D eigenvalue weighted by Crippen LogP contribution is 2.38. The first-order chi connectivity index (χ1) is 17.8. The maximum Gasteiger partial charge on any atom is 0.417 e. The lowest BCUT2D eigenvalue weighted by atomic mass is 9.92. The predicted octanol–water partition coefficient (Wildman–Crippen LogP) is 3.37. The second-order valence-electron chi connectivity index (χ2n) is 9.16. The van der Waals surface area contributed by atoms with Crippen LogP contribution in [0.3, 0.4) is 0 Å². The number of fused-ring (bicyclic) bond motifs is 1. The average Bonchev–Trinajstić information content (AvgIpc) is 3.31. The number of piperidine rings is 1. The quantitative estimate of drug-likeness (QED) is 0.529. The van der Waals surface area contributed by atoms with Gasteiger partial charge in [0.2, 0.25) is 0 Å². The summed E-state index contributed by atoms with van der Waals surface area (Å²) in [4.78, 5) is 22.1. The number of hydrogen-bond acceptors (Lipinski definition) is 8. The molecule has 0 aliphatic carbocycles. The molecule has 0 spiro atoms. The van der Waals surface area contributed by atoms with Gasteiger partial charge in [-0.15, -0.1) is 5.10 Å². The second-order valence-corrected chi connectivity index (χ2v) is 9.16. The highest BCUT2D eigenvalue weighted by atomic mass is 19.4. The topological polar surface area (TPSA) is 106 Å². The predicted molar refractivity (Wildman–Crippen MR) is 130 cm³/mol. The number of morpholine rings is 1. The van der Waals surface area contributed by atoms with Crippen LogP contribution in [0, 0.1) is 5.92 Å². The van der Waals surface area contributed by atoms with Crippen molar-refractivity contribution in [1.82, 2.24) is 24.9 Å².